The Bertz CT molecular complexity index is 892. The quantitative estimate of drug-likeness (QED) is 0.452. The van der Waals surface area contributed by atoms with Gasteiger partial charge in [0.2, 0.25) is 5.91 Å². The minimum Gasteiger partial charge on any atom is -0.360 e. The first-order valence-corrected chi connectivity index (χ1v) is 10.4. The summed E-state index contributed by atoms with van der Waals surface area (Å²) in [6, 6.07) is 7.43. The van der Waals surface area contributed by atoms with E-state index in [4.69, 9.17) is 16.7 Å². The molecule has 2 rings (SSSR count). The highest BCUT2D eigenvalue weighted by Gasteiger charge is 2.16. The van der Waals surface area contributed by atoms with E-state index >= 15 is 0 Å². The first kappa shape index (κ1) is 20.8. The smallest absolute Gasteiger partial charge is 0.263 e. The normalized spacial score (nSPS) is 11.0. The summed E-state index contributed by atoms with van der Waals surface area (Å²) < 4.78 is 31.8. The number of sulfonamides is 1. The number of amides is 1. The van der Waals surface area contributed by atoms with Gasteiger partial charge in [-0.05, 0) is 49.8 Å². The number of hydrogen-bond donors (Lipinski definition) is 3. The topological polar surface area (TPSA) is 113 Å². The largest absolute Gasteiger partial charge is 0.360 e. The van der Waals surface area contributed by atoms with E-state index in [9.17, 15) is 13.2 Å². The average Bonchev–Trinajstić information content (AvgIpc) is 2.99. The van der Waals surface area contributed by atoms with Crippen molar-refractivity contribution in [3.8, 4) is 0 Å². The highest BCUT2D eigenvalue weighted by atomic mass is 32.2. The second-order valence-electron chi connectivity index (χ2n) is 5.91. The molecule has 0 bridgehead atoms. The summed E-state index contributed by atoms with van der Waals surface area (Å²) >= 11 is 5.09. The fourth-order valence-electron chi connectivity index (χ4n) is 2.22. The average molecular weight is 411 g/mol. The minimum absolute atomic E-state index is 0.0585. The van der Waals surface area contributed by atoms with Gasteiger partial charge in [0.05, 0.1) is 4.90 Å². The number of unbranched alkanes of at least 4 members (excludes halogenated alkanes) is 2. The van der Waals surface area contributed by atoms with Gasteiger partial charge in [-0.15, -0.1) is 0 Å². The molecule has 1 heterocycles. The number of carbonyl (C=O) groups is 1. The Morgan fingerprint density at radius 3 is 2.52 bits per heavy atom. The lowest BCUT2D eigenvalue weighted by molar-refractivity contribution is -0.119. The predicted octanol–water partition coefficient (Wildman–Crippen LogP) is 3.18. The van der Waals surface area contributed by atoms with Crippen LogP contribution in [0.5, 0.6) is 0 Å². The van der Waals surface area contributed by atoms with Crippen molar-refractivity contribution in [2.24, 2.45) is 0 Å². The Hall–Kier alpha value is -2.46. The number of nitrogens with zero attached hydrogens (tertiary/aromatic N) is 1. The standard InChI is InChI=1S/C17H22N4O4S2/c1-3-4-5-6-16(22)19-17(26)18-13-7-9-14(10-8-13)27(23,24)21-15-11-12(2)25-20-15/h7-11H,3-6H2,1-2H3,(H,20,21)(H2,18,19,22,26). The number of carbonyl (C=O) groups excluding carboxylic acids is 1. The first-order chi connectivity index (χ1) is 12.8. The molecule has 0 unspecified atom stereocenters. The molecule has 3 N–H and O–H groups in total. The second-order valence-corrected chi connectivity index (χ2v) is 8.00. The molecular weight excluding hydrogens is 388 g/mol. The van der Waals surface area contributed by atoms with E-state index in [-0.39, 0.29) is 21.7 Å². The van der Waals surface area contributed by atoms with Crippen molar-refractivity contribution in [2.45, 2.75) is 44.4 Å². The van der Waals surface area contributed by atoms with Crippen LogP contribution >= 0.6 is 12.2 Å². The molecule has 2 aromatic rings. The molecule has 146 valence electrons. The molecule has 8 nitrogen and oxygen atoms in total. The molecule has 1 aromatic heterocycles. The first-order valence-electron chi connectivity index (χ1n) is 8.47. The van der Waals surface area contributed by atoms with Crippen LogP contribution in [0, 0.1) is 6.92 Å². The van der Waals surface area contributed by atoms with Gasteiger partial charge in [-0.2, -0.15) is 0 Å². The van der Waals surface area contributed by atoms with Gasteiger partial charge in [-0.1, -0.05) is 24.9 Å². The van der Waals surface area contributed by atoms with E-state index in [1.807, 2.05) is 0 Å². The highest BCUT2D eigenvalue weighted by molar-refractivity contribution is 7.92. The van der Waals surface area contributed by atoms with E-state index in [1.165, 1.54) is 18.2 Å². The van der Waals surface area contributed by atoms with Gasteiger partial charge in [0.15, 0.2) is 10.9 Å². The van der Waals surface area contributed by atoms with E-state index in [0.717, 1.165) is 19.3 Å². The maximum Gasteiger partial charge on any atom is 0.263 e. The van der Waals surface area contributed by atoms with Crippen LogP contribution in [-0.2, 0) is 14.8 Å². The molecule has 1 amide bonds. The number of thiocarbonyl (C=S) groups is 1. The van der Waals surface area contributed by atoms with Gasteiger partial charge in [-0.3, -0.25) is 9.52 Å². The van der Waals surface area contributed by atoms with Gasteiger partial charge in [0, 0.05) is 18.2 Å². The molecule has 0 radical (unpaired) electrons. The highest BCUT2D eigenvalue weighted by Crippen LogP contribution is 2.18. The minimum atomic E-state index is -3.78. The molecule has 10 heteroatoms. The predicted molar refractivity (Wildman–Crippen MR) is 107 cm³/mol. The van der Waals surface area contributed by atoms with E-state index in [0.29, 0.717) is 17.9 Å². The van der Waals surface area contributed by atoms with E-state index in [1.54, 1.807) is 19.1 Å². The van der Waals surface area contributed by atoms with E-state index in [2.05, 4.69) is 27.4 Å². The third kappa shape index (κ3) is 6.65. The SMILES string of the molecule is CCCCCC(=O)NC(=S)Nc1ccc(S(=O)(=O)Nc2cc(C)on2)cc1. The lowest BCUT2D eigenvalue weighted by Gasteiger charge is -2.10. The van der Waals surface area contributed by atoms with Crippen molar-refractivity contribution < 1.29 is 17.7 Å². The number of benzene rings is 1. The van der Waals surface area contributed by atoms with Gasteiger partial charge in [0.25, 0.3) is 10.0 Å². The summed E-state index contributed by atoms with van der Waals surface area (Å²) in [5.74, 6) is 0.464. The van der Waals surface area contributed by atoms with Crippen LogP contribution in [0.3, 0.4) is 0 Å². The van der Waals surface area contributed by atoms with Gasteiger partial charge < -0.3 is 15.2 Å². The molecule has 0 saturated carbocycles. The Balaban J connectivity index is 1.92. The van der Waals surface area contributed by atoms with Crippen LogP contribution in [0.4, 0.5) is 11.5 Å². The zero-order chi connectivity index (χ0) is 19.9. The van der Waals surface area contributed by atoms with Crippen LogP contribution in [0.2, 0.25) is 0 Å². The van der Waals surface area contributed by atoms with Crippen LogP contribution < -0.4 is 15.4 Å². The zero-order valence-electron chi connectivity index (χ0n) is 15.1. The molecular formula is C17H22N4O4S2. The van der Waals surface area contributed by atoms with Crippen LogP contribution in [-0.4, -0.2) is 24.6 Å². The lowest BCUT2D eigenvalue weighted by atomic mass is 10.2. The van der Waals surface area contributed by atoms with Crippen LogP contribution in [0.1, 0.15) is 38.4 Å². The number of nitrogens with one attached hydrogen (secondary N) is 3. The molecule has 0 saturated heterocycles. The van der Waals surface area contributed by atoms with Crippen molar-refractivity contribution in [1.29, 1.82) is 0 Å². The van der Waals surface area contributed by atoms with Crippen LogP contribution in [0.15, 0.2) is 39.8 Å². The summed E-state index contributed by atoms with van der Waals surface area (Å²) in [7, 11) is -3.78. The fraction of sp³-hybridized carbons (Fsp3) is 0.353. The number of aromatic nitrogens is 1. The molecule has 0 spiro atoms. The summed E-state index contributed by atoms with van der Waals surface area (Å²) in [5.41, 5.74) is 0.560. The number of anilines is 2. The number of aryl methyl sites for hydroxylation is 1. The third-order valence-electron chi connectivity index (χ3n) is 3.55. The lowest BCUT2D eigenvalue weighted by Crippen LogP contribution is -2.33. The molecule has 1 aromatic carbocycles. The van der Waals surface area contributed by atoms with Gasteiger partial charge >= 0.3 is 0 Å². The maximum absolute atomic E-state index is 12.3. The zero-order valence-corrected chi connectivity index (χ0v) is 16.7. The summed E-state index contributed by atoms with van der Waals surface area (Å²) in [6.45, 7) is 3.73. The maximum atomic E-state index is 12.3. The molecule has 27 heavy (non-hydrogen) atoms. The van der Waals surface area contributed by atoms with Crippen LogP contribution in [0.25, 0.3) is 0 Å². The third-order valence-corrected chi connectivity index (χ3v) is 5.12. The molecule has 0 aliphatic heterocycles. The van der Waals surface area contributed by atoms with Crippen molar-refractivity contribution in [3.63, 3.8) is 0 Å². The Kier molecular flexibility index (Phi) is 7.31. The Morgan fingerprint density at radius 2 is 1.93 bits per heavy atom. The monoisotopic (exact) mass is 410 g/mol. The molecule has 0 atom stereocenters. The fourth-order valence-corrected chi connectivity index (χ4v) is 3.43. The summed E-state index contributed by atoms with van der Waals surface area (Å²) in [6.07, 6.45) is 3.26. The Labute approximate surface area is 163 Å². The van der Waals surface area contributed by atoms with Crippen molar-refractivity contribution in [3.05, 3.63) is 36.1 Å². The summed E-state index contributed by atoms with van der Waals surface area (Å²) in [4.78, 5) is 11.8. The summed E-state index contributed by atoms with van der Waals surface area (Å²) in [5, 5.41) is 9.22. The molecule has 0 fully saturated rings. The van der Waals surface area contributed by atoms with Gasteiger partial charge in [0.1, 0.15) is 5.76 Å². The Morgan fingerprint density at radius 1 is 1.22 bits per heavy atom. The molecule has 0 aliphatic carbocycles. The second kappa shape index (κ2) is 9.47. The number of rotatable bonds is 8. The number of hydrogen-bond acceptors (Lipinski definition) is 6. The molecule has 0 aliphatic rings. The van der Waals surface area contributed by atoms with Crippen molar-refractivity contribution in [2.75, 3.05) is 10.0 Å². The van der Waals surface area contributed by atoms with Crippen molar-refractivity contribution in [1.82, 2.24) is 10.5 Å². The van der Waals surface area contributed by atoms with Gasteiger partial charge in [-0.25, -0.2) is 8.42 Å². The van der Waals surface area contributed by atoms with Crippen molar-refractivity contribution >= 4 is 44.8 Å². The van der Waals surface area contributed by atoms with E-state index < -0.39 is 10.0 Å².